The monoisotopic (exact) mass is 489 g/mol. The maximum absolute atomic E-state index is 12.4. The Bertz CT molecular complexity index is 1300. The maximum atomic E-state index is 12.4. The number of rotatable bonds is 7. The number of hydrogen-bond donors (Lipinski definition) is 2. The van der Waals surface area contributed by atoms with E-state index in [4.69, 9.17) is 11.6 Å². The Balaban J connectivity index is 1.50. The van der Waals surface area contributed by atoms with Crippen LogP contribution in [0.1, 0.15) is 43.4 Å². The molecule has 0 unspecified atom stereocenters. The number of carbonyl (C=O) groups is 1. The van der Waals surface area contributed by atoms with Crippen molar-refractivity contribution in [2.24, 2.45) is 13.0 Å². The molecular weight excluding hydrogens is 462 g/mol. The van der Waals surface area contributed by atoms with Gasteiger partial charge in [-0.1, -0.05) is 30.9 Å². The second-order valence-corrected chi connectivity index (χ2v) is 10.4. The van der Waals surface area contributed by atoms with Gasteiger partial charge in [0.2, 0.25) is 0 Å². The molecule has 1 aliphatic rings. The largest absolute Gasteiger partial charge is 0.301 e. The second kappa shape index (κ2) is 9.70. The molecule has 3 aromatic rings. The van der Waals surface area contributed by atoms with E-state index in [-0.39, 0.29) is 0 Å². The minimum Gasteiger partial charge on any atom is -0.301 e. The van der Waals surface area contributed by atoms with Gasteiger partial charge in [-0.15, -0.1) is 0 Å². The molecule has 4 rings (SSSR count). The van der Waals surface area contributed by atoms with Gasteiger partial charge in [-0.2, -0.15) is 18.2 Å². The quantitative estimate of drug-likeness (QED) is 0.492. The summed E-state index contributed by atoms with van der Waals surface area (Å²) in [5, 5.41) is 6.11. The number of carbonyl (C=O) groups excluding carboxylic acids is 1. The van der Waals surface area contributed by atoms with Crippen LogP contribution < -0.4 is 9.44 Å². The van der Waals surface area contributed by atoms with Crippen molar-refractivity contribution in [3.8, 4) is 5.82 Å². The van der Waals surface area contributed by atoms with Crippen LogP contribution in [0.4, 0.5) is 0 Å². The van der Waals surface area contributed by atoms with Gasteiger partial charge in [-0.3, -0.25) is 9.48 Å². The summed E-state index contributed by atoms with van der Waals surface area (Å²) in [6.45, 7) is 2.19. The molecule has 2 aromatic heterocycles. The molecule has 8 nitrogen and oxygen atoms in total. The Kier molecular flexibility index (Phi) is 6.92. The van der Waals surface area contributed by atoms with Crippen LogP contribution in [0, 0.1) is 12.8 Å². The van der Waals surface area contributed by atoms with Crippen LogP contribution in [0.2, 0.25) is 5.02 Å². The molecule has 2 N–H and O–H groups in total. The van der Waals surface area contributed by atoms with Crippen molar-refractivity contribution < 1.29 is 13.2 Å². The molecule has 1 aliphatic carbocycles. The SMILES string of the molecule is Cc1nn(C)c(-n2ccc3cc(Cl)ccc32)c1/C=C/C(=O)NS(=O)(=O)NCC1CCCCC1. The lowest BCUT2D eigenvalue weighted by Crippen LogP contribution is -2.41. The predicted octanol–water partition coefficient (Wildman–Crippen LogP) is 3.87. The Labute approximate surface area is 198 Å². The van der Waals surface area contributed by atoms with E-state index in [0.717, 1.165) is 42.4 Å². The lowest BCUT2D eigenvalue weighted by atomic mass is 9.90. The number of aromatic nitrogens is 3. The van der Waals surface area contributed by atoms with E-state index in [2.05, 4.69) is 14.5 Å². The van der Waals surface area contributed by atoms with Crippen LogP contribution in [0.15, 0.2) is 36.5 Å². The first-order chi connectivity index (χ1) is 15.7. The van der Waals surface area contributed by atoms with E-state index in [0.29, 0.717) is 28.7 Å². The van der Waals surface area contributed by atoms with Crippen LogP contribution in [0.25, 0.3) is 22.8 Å². The van der Waals surface area contributed by atoms with Crippen molar-refractivity contribution in [1.82, 2.24) is 23.8 Å². The fraction of sp³-hybridized carbons (Fsp3) is 0.391. The van der Waals surface area contributed by atoms with Gasteiger partial charge in [0.25, 0.3) is 5.91 Å². The van der Waals surface area contributed by atoms with E-state index in [1.807, 2.05) is 49.0 Å². The van der Waals surface area contributed by atoms with Gasteiger partial charge in [0.15, 0.2) is 0 Å². The lowest BCUT2D eigenvalue weighted by Gasteiger charge is -2.21. The van der Waals surface area contributed by atoms with E-state index < -0.39 is 16.1 Å². The molecule has 0 spiro atoms. The lowest BCUT2D eigenvalue weighted by molar-refractivity contribution is -0.114. The number of nitrogens with one attached hydrogen (secondary N) is 2. The van der Waals surface area contributed by atoms with Gasteiger partial charge in [0, 0.05) is 41.8 Å². The standard InChI is InChI=1S/C23H28ClN5O3S/c1-16-20(9-11-22(30)27-33(31,32)25-15-17-6-4-3-5-7-17)23(28(2)26-16)29-13-12-18-14-19(24)8-10-21(18)29/h8-14,17,25H,3-7,15H2,1-2H3,(H,27,30)/b11-9+. The molecule has 0 saturated heterocycles. The van der Waals surface area contributed by atoms with Gasteiger partial charge in [0.05, 0.1) is 11.2 Å². The highest BCUT2D eigenvalue weighted by Gasteiger charge is 2.19. The first kappa shape index (κ1) is 23.5. The van der Waals surface area contributed by atoms with Crippen molar-refractivity contribution in [3.05, 3.63) is 52.8 Å². The van der Waals surface area contributed by atoms with Crippen molar-refractivity contribution in [2.45, 2.75) is 39.0 Å². The van der Waals surface area contributed by atoms with Crippen LogP contribution in [0.3, 0.4) is 0 Å². The highest BCUT2D eigenvalue weighted by atomic mass is 35.5. The van der Waals surface area contributed by atoms with Crippen molar-refractivity contribution in [1.29, 1.82) is 0 Å². The molecule has 33 heavy (non-hydrogen) atoms. The number of benzene rings is 1. The minimum absolute atomic E-state index is 0.327. The third-order valence-electron chi connectivity index (χ3n) is 6.04. The molecule has 1 aromatic carbocycles. The first-order valence-electron chi connectivity index (χ1n) is 11.0. The fourth-order valence-corrected chi connectivity index (χ4v) is 5.46. The molecule has 1 saturated carbocycles. The Hall–Kier alpha value is -2.62. The molecule has 10 heteroatoms. The summed E-state index contributed by atoms with van der Waals surface area (Å²) < 4.78 is 32.8. The summed E-state index contributed by atoms with van der Waals surface area (Å²) in [5.41, 5.74) is 2.37. The summed E-state index contributed by atoms with van der Waals surface area (Å²) in [6, 6.07) is 7.57. The minimum atomic E-state index is -3.92. The summed E-state index contributed by atoms with van der Waals surface area (Å²) in [5.74, 6) is 0.365. The molecular formula is C23H28ClN5O3S. The van der Waals surface area contributed by atoms with Gasteiger partial charge in [-0.25, -0.2) is 4.72 Å². The third kappa shape index (κ3) is 5.48. The summed E-state index contributed by atoms with van der Waals surface area (Å²) in [4.78, 5) is 12.4. The van der Waals surface area contributed by atoms with Crippen molar-refractivity contribution in [3.63, 3.8) is 0 Å². The van der Waals surface area contributed by atoms with E-state index in [9.17, 15) is 13.2 Å². The maximum Gasteiger partial charge on any atom is 0.301 e. The number of halogens is 1. The number of aryl methyl sites for hydroxylation is 2. The normalized spacial score (nSPS) is 15.5. The van der Waals surface area contributed by atoms with Gasteiger partial charge < -0.3 is 4.57 Å². The smallest absolute Gasteiger partial charge is 0.301 e. The van der Waals surface area contributed by atoms with Gasteiger partial charge >= 0.3 is 10.2 Å². The van der Waals surface area contributed by atoms with Crippen LogP contribution in [-0.2, 0) is 22.1 Å². The highest BCUT2D eigenvalue weighted by molar-refractivity contribution is 7.88. The first-order valence-corrected chi connectivity index (χ1v) is 12.9. The number of hydrogen-bond acceptors (Lipinski definition) is 4. The molecule has 0 bridgehead atoms. The molecule has 1 fully saturated rings. The Morgan fingerprint density at radius 2 is 2.00 bits per heavy atom. The number of nitrogens with zero attached hydrogens (tertiary/aromatic N) is 3. The predicted molar refractivity (Wildman–Crippen MR) is 130 cm³/mol. The van der Waals surface area contributed by atoms with Crippen molar-refractivity contribution in [2.75, 3.05) is 6.54 Å². The van der Waals surface area contributed by atoms with Crippen LogP contribution in [0.5, 0.6) is 0 Å². The summed E-state index contributed by atoms with van der Waals surface area (Å²) in [7, 11) is -2.09. The summed E-state index contributed by atoms with van der Waals surface area (Å²) in [6.07, 6.45) is 10.2. The topological polar surface area (TPSA) is 98.0 Å². The van der Waals surface area contributed by atoms with Gasteiger partial charge in [-0.05, 0) is 56.0 Å². The zero-order valence-corrected chi connectivity index (χ0v) is 20.3. The van der Waals surface area contributed by atoms with Crippen molar-refractivity contribution >= 4 is 44.7 Å². The van der Waals surface area contributed by atoms with Gasteiger partial charge in [0.1, 0.15) is 5.82 Å². The average Bonchev–Trinajstić information content (AvgIpc) is 3.30. The highest BCUT2D eigenvalue weighted by Crippen LogP contribution is 2.27. The number of amides is 1. The molecule has 0 aliphatic heterocycles. The molecule has 1 amide bonds. The third-order valence-corrected chi connectivity index (χ3v) is 7.29. The summed E-state index contributed by atoms with van der Waals surface area (Å²) >= 11 is 6.11. The van der Waals surface area contributed by atoms with E-state index in [1.165, 1.54) is 12.5 Å². The average molecular weight is 490 g/mol. The van der Waals surface area contributed by atoms with E-state index >= 15 is 0 Å². The molecule has 0 atom stereocenters. The van der Waals surface area contributed by atoms with E-state index in [1.54, 1.807) is 10.8 Å². The Morgan fingerprint density at radius 1 is 1.24 bits per heavy atom. The number of fused-ring (bicyclic) bond motifs is 1. The molecule has 0 radical (unpaired) electrons. The molecule has 2 heterocycles. The fourth-order valence-electron chi connectivity index (χ4n) is 4.42. The van der Waals surface area contributed by atoms with Crippen LogP contribution in [-0.4, -0.2) is 35.2 Å². The Morgan fingerprint density at radius 3 is 2.76 bits per heavy atom. The molecule has 176 valence electrons. The zero-order chi connectivity index (χ0) is 23.6. The zero-order valence-electron chi connectivity index (χ0n) is 18.7. The second-order valence-electron chi connectivity index (χ2n) is 8.49. The van der Waals surface area contributed by atoms with Crippen LogP contribution >= 0.6 is 11.6 Å².